The molecule has 1 aliphatic rings. The van der Waals surface area contributed by atoms with Gasteiger partial charge in [0.2, 0.25) is 0 Å². The minimum atomic E-state index is -0.0594. The first-order valence-electron chi connectivity index (χ1n) is 17.6. The summed E-state index contributed by atoms with van der Waals surface area (Å²) >= 11 is 0. The van der Waals surface area contributed by atoms with E-state index in [1.54, 1.807) is 0 Å². The van der Waals surface area contributed by atoms with E-state index in [0.717, 1.165) is 44.4 Å². The molecule has 0 heterocycles. The van der Waals surface area contributed by atoms with Gasteiger partial charge in [0, 0.05) is 0 Å². The zero-order valence-electron chi connectivity index (χ0n) is 27.1. The molecule has 1 atom stereocenters. The van der Waals surface area contributed by atoms with Crippen molar-refractivity contribution in [1.82, 2.24) is 0 Å². The molecule has 4 rings (SSSR count). The number of aryl methyl sites for hydroxylation is 1. The number of esters is 1. The van der Waals surface area contributed by atoms with Gasteiger partial charge in [-0.05, 0) is 97.6 Å². The average molecular weight is 581 g/mol. The van der Waals surface area contributed by atoms with Gasteiger partial charge in [0.1, 0.15) is 5.75 Å². The van der Waals surface area contributed by atoms with E-state index in [2.05, 4.69) is 80.6 Å². The Bertz CT molecular complexity index is 1160. The van der Waals surface area contributed by atoms with Crippen molar-refractivity contribution in [3.05, 3.63) is 90.0 Å². The standard InChI is InChI=1S/C41H56O2/c1-3-5-7-8-9-11-15-33-21-27-37(28-22-33)38-29-31-40(32-30-38)43-41(42)39(17-6-4-2)20-14-16-34-23-25-36(26-24-34)35-18-12-10-13-19-35/h10,12-13,18-19,23-26,29-33,37,39H,3-9,11,14-17,20-22,27-28H2,1-2H3/t33-,37-,39?. The van der Waals surface area contributed by atoms with E-state index in [1.807, 2.05) is 12.1 Å². The molecule has 2 heteroatoms. The predicted octanol–water partition coefficient (Wildman–Crippen LogP) is 12.1. The SMILES string of the molecule is CCCCCCCC[C@H]1CC[C@H](c2ccc(OC(=O)C(CCCC)CCCc3ccc(-c4ccccc4)cc3)cc2)CC1. The summed E-state index contributed by atoms with van der Waals surface area (Å²) in [5.41, 5.74) is 5.24. The molecule has 3 aromatic carbocycles. The van der Waals surface area contributed by atoms with Crippen LogP contribution in [0.5, 0.6) is 5.75 Å². The Hall–Kier alpha value is -2.87. The summed E-state index contributed by atoms with van der Waals surface area (Å²) in [5.74, 6) is 2.19. The van der Waals surface area contributed by atoms with E-state index in [-0.39, 0.29) is 11.9 Å². The zero-order valence-corrected chi connectivity index (χ0v) is 27.1. The lowest BCUT2D eigenvalue weighted by Crippen LogP contribution is -2.21. The van der Waals surface area contributed by atoms with Gasteiger partial charge in [-0.25, -0.2) is 0 Å². The molecule has 0 N–H and O–H groups in total. The second-order valence-corrected chi connectivity index (χ2v) is 13.1. The van der Waals surface area contributed by atoms with Crippen molar-refractivity contribution < 1.29 is 9.53 Å². The Balaban J connectivity index is 1.19. The number of carbonyl (C=O) groups excluding carboxylic acids is 1. The molecule has 0 bridgehead atoms. The van der Waals surface area contributed by atoms with Crippen LogP contribution in [0.1, 0.15) is 134 Å². The van der Waals surface area contributed by atoms with E-state index in [9.17, 15) is 4.79 Å². The first-order valence-corrected chi connectivity index (χ1v) is 17.6. The minimum absolute atomic E-state index is 0.0369. The molecule has 1 aliphatic carbocycles. The van der Waals surface area contributed by atoms with E-state index in [4.69, 9.17) is 4.74 Å². The fourth-order valence-electron chi connectivity index (χ4n) is 6.88. The van der Waals surface area contributed by atoms with Crippen LogP contribution < -0.4 is 4.74 Å². The number of carbonyl (C=O) groups is 1. The Kier molecular flexibility index (Phi) is 14.4. The van der Waals surface area contributed by atoms with Gasteiger partial charge in [-0.3, -0.25) is 4.79 Å². The number of hydrogen-bond donors (Lipinski definition) is 0. The Morgan fingerprint density at radius 1 is 0.674 bits per heavy atom. The number of benzene rings is 3. The molecule has 0 aromatic heterocycles. The molecule has 1 saturated carbocycles. The highest BCUT2D eigenvalue weighted by molar-refractivity contribution is 5.75. The van der Waals surface area contributed by atoms with Crippen molar-refractivity contribution >= 4 is 5.97 Å². The van der Waals surface area contributed by atoms with Crippen molar-refractivity contribution in [2.75, 3.05) is 0 Å². The van der Waals surface area contributed by atoms with Crippen LogP contribution in [-0.4, -0.2) is 5.97 Å². The summed E-state index contributed by atoms with van der Waals surface area (Å²) in [7, 11) is 0. The molecule has 0 amide bonds. The summed E-state index contributed by atoms with van der Waals surface area (Å²) in [4.78, 5) is 13.2. The molecule has 3 aromatic rings. The number of hydrogen-bond acceptors (Lipinski definition) is 2. The van der Waals surface area contributed by atoms with Crippen LogP contribution in [0.15, 0.2) is 78.9 Å². The van der Waals surface area contributed by atoms with Crippen molar-refractivity contribution in [2.45, 2.75) is 129 Å². The topological polar surface area (TPSA) is 26.3 Å². The van der Waals surface area contributed by atoms with Gasteiger partial charge in [-0.2, -0.15) is 0 Å². The van der Waals surface area contributed by atoms with Crippen LogP contribution in [-0.2, 0) is 11.2 Å². The second kappa shape index (κ2) is 18.7. The maximum absolute atomic E-state index is 13.2. The van der Waals surface area contributed by atoms with E-state index in [1.165, 1.54) is 92.9 Å². The minimum Gasteiger partial charge on any atom is -0.426 e. The number of unbranched alkanes of at least 4 members (excludes halogenated alkanes) is 6. The normalized spacial score (nSPS) is 17.4. The summed E-state index contributed by atoms with van der Waals surface area (Å²) in [6, 6.07) is 27.9. The van der Waals surface area contributed by atoms with Gasteiger partial charge in [0.05, 0.1) is 5.92 Å². The first kappa shape index (κ1) is 33.0. The van der Waals surface area contributed by atoms with Crippen LogP contribution in [0.3, 0.4) is 0 Å². The third-order valence-electron chi connectivity index (χ3n) is 9.70. The second-order valence-electron chi connectivity index (χ2n) is 13.1. The highest BCUT2D eigenvalue weighted by atomic mass is 16.5. The lowest BCUT2D eigenvalue weighted by molar-refractivity contribution is -0.139. The Morgan fingerprint density at radius 3 is 2.00 bits per heavy atom. The smallest absolute Gasteiger partial charge is 0.314 e. The molecule has 43 heavy (non-hydrogen) atoms. The van der Waals surface area contributed by atoms with Crippen molar-refractivity contribution in [3.63, 3.8) is 0 Å². The quantitative estimate of drug-likeness (QED) is 0.0849. The van der Waals surface area contributed by atoms with Crippen molar-refractivity contribution in [3.8, 4) is 16.9 Å². The Morgan fingerprint density at radius 2 is 1.30 bits per heavy atom. The molecule has 232 valence electrons. The summed E-state index contributed by atoms with van der Waals surface area (Å²) in [5, 5.41) is 0. The fourth-order valence-corrected chi connectivity index (χ4v) is 6.88. The molecule has 0 aliphatic heterocycles. The van der Waals surface area contributed by atoms with Gasteiger partial charge in [0.25, 0.3) is 0 Å². The van der Waals surface area contributed by atoms with Gasteiger partial charge in [-0.1, -0.05) is 138 Å². The van der Waals surface area contributed by atoms with Crippen molar-refractivity contribution in [1.29, 1.82) is 0 Å². The Labute approximate surface area is 262 Å². The lowest BCUT2D eigenvalue weighted by Gasteiger charge is -2.29. The van der Waals surface area contributed by atoms with Crippen LogP contribution in [0.4, 0.5) is 0 Å². The van der Waals surface area contributed by atoms with Crippen LogP contribution in [0.2, 0.25) is 0 Å². The molecule has 1 unspecified atom stereocenters. The molecule has 0 saturated heterocycles. The predicted molar refractivity (Wildman–Crippen MR) is 183 cm³/mol. The fraction of sp³-hybridized carbons (Fsp3) is 0.537. The lowest BCUT2D eigenvalue weighted by atomic mass is 9.77. The van der Waals surface area contributed by atoms with Crippen LogP contribution in [0, 0.1) is 11.8 Å². The van der Waals surface area contributed by atoms with Gasteiger partial charge in [0.15, 0.2) is 0 Å². The molecule has 0 spiro atoms. The maximum Gasteiger partial charge on any atom is 0.314 e. The maximum atomic E-state index is 13.2. The largest absolute Gasteiger partial charge is 0.426 e. The van der Waals surface area contributed by atoms with E-state index < -0.39 is 0 Å². The van der Waals surface area contributed by atoms with Gasteiger partial charge < -0.3 is 4.74 Å². The molecule has 2 nitrogen and oxygen atoms in total. The zero-order chi connectivity index (χ0) is 30.1. The average Bonchev–Trinajstić information content (AvgIpc) is 3.05. The third-order valence-corrected chi connectivity index (χ3v) is 9.70. The number of ether oxygens (including phenoxy) is 1. The monoisotopic (exact) mass is 580 g/mol. The van der Waals surface area contributed by atoms with Crippen LogP contribution >= 0.6 is 0 Å². The van der Waals surface area contributed by atoms with Gasteiger partial charge >= 0.3 is 5.97 Å². The van der Waals surface area contributed by atoms with E-state index in [0.29, 0.717) is 11.7 Å². The summed E-state index contributed by atoms with van der Waals surface area (Å²) < 4.78 is 5.94. The molecule has 0 radical (unpaired) electrons. The third kappa shape index (κ3) is 11.3. The van der Waals surface area contributed by atoms with Gasteiger partial charge in [-0.15, -0.1) is 0 Å². The molecular weight excluding hydrogens is 524 g/mol. The highest BCUT2D eigenvalue weighted by Crippen LogP contribution is 2.38. The number of rotatable bonds is 18. The summed E-state index contributed by atoms with van der Waals surface area (Å²) in [6.45, 7) is 4.48. The summed E-state index contributed by atoms with van der Waals surface area (Å²) in [6.07, 6.45) is 21.1. The molecule has 1 fully saturated rings. The highest BCUT2D eigenvalue weighted by Gasteiger charge is 2.23. The van der Waals surface area contributed by atoms with Crippen molar-refractivity contribution in [2.24, 2.45) is 11.8 Å². The molecular formula is C41H56O2. The first-order chi connectivity index (χ1) is 21.2. The van der Waals surface area contributed by atoms with E-state index >= 15 is 0 Å². The van der Waals surface area contributed by atoms with Crippen LogP contribution in [0.25, 0.3) is 11.1 Å².